The van der Waals surface area contributed by atoms with E-state index in [0.717, 1.165) is 43.5 Å². The fraction of sp³-hybridized carbons (Fsp3) is 0.625. The highest BCUT2D eigenvalue weighted by Crippen LogP contribution is 2.30. The summed E-state index contributed by atoms with van der Waals surface area (Å²) >= 11 is 0. The quantitative estimate of drug-likeness (QED) is 0.824. The Hall–Kier alpha value is -1.22. The van der Waals surface area contributed by atoms with Crippen molar-refractivity contribution in [2.45, 2.75) is 57.7 Å². The summed E-state index contributed by atoms with van der Waals surface area (Å²) in [4.78, 5) is 0. The summed E-state index contributed by atoms with van der Waals surface area (Å²) in [6.07, 6.45) is 5.31. The molecule has 3 nitrogen and oxygen atoms in total. The Morgan fingerprint density at radius 2 is 2.11 bits per heavy atom. The van der Waals surface area contributed by atoms with Gasteiger partial charge in [-0.3, -0.25) is 0 Å². The Bertz CT molecular complexity index is 399. The van der Waals surface area contributed by atoms with E-state index < -0.39 is 5.60 Å². The van der Waals surface area contributed by atoms with Crippen molar-refractivity contribution in [2.75, 3.05) is 11.9 Å². The molecule has 19 heavy (non-hydrogen) atoms. The Labute approximate surface area is 116 Å². The van der Waals surface area contributed by atoms with Crippen LogP contribution in [0.3, 0.4) is 0 Å². The summed E-state index contributed by atoms with van der Waals surface area (Å²) in [6, 6.07) is 7.98. The first-order chi connectivity index (χ1) is 9.11. The minimum absolute atomic E-state index is 0.231. The molecule has 1 fully saturated rings. The number of aliphatic hydroxyl groups is 1. The van der Waals surface area contributed by atoms with E-state index in [1.54, 1.807) is 0 Å². The predicted molar refractivity (Wildman–Crippen MR) is 78.7 cm³/mol. The Morgan fingerprint density at radius 1 is 1.37 bits per heavy atom. The fourth-order valence-electron chi connectivity index (χ4n) is 2.47. The molecule has 0 heterocycles. The maximum Gasteiger partial charge on any atom is 0.121 e. The third kappa shape index (κ3) is 4.13. The SMILES string of the molecule is CCC(C)Oc1cccc(NCC2(O)CCCC2)c1. The second-order valence-electron chi connectivity index (χ2n) is 5.65. The molecule has 0 spiro atoms. The van der Waals surface area contributed by atoms with Gasteiger partial charge in [0.2, 0.25) is 0 Å². The molecule has 1 aliphatic rings. The van der Waals surface area contributed by atoms with E-state index in [0.29, 0.717) is 6.54 Å². The average Bonchev–Trinajstić information content (AvgIpc) is 2.84. The summed E-state index contributed by atoms with van der Waals surface area (Å²) in [5.41, 5.74) is 0.495. The highest BCUT2D eigenvalue weighted by atomic mass is 16.5. The van der Waals surface area contributed by atoms with Crippen molar-refractivity contribution in [1.82, 2.24) is 0 Å². The largest absolute Gasteiger partial charge is 0.491 e. The zero-order chi connectivity index (χ0) is 13.7. The third-order valence-corrected chi connectivity index (χ3v) is 3.90. The first kappa shape index (κ1) is 14.2. The maximum absolute atomic E-state index is 10.3. The molecule has 3 heteroatoms. The standard InChI is InChI=1S/C16H25NO2/c1-3-13(2)19-15-8-6-7-14(11-15)17-12-16(18)9-4-5-10-16/h6-8,11,13,17-18H,3-5,9-10,12H2,1-2H3. The number of hydrogen-bond donors (Lipinski definition) is 2. The predicted octanol–water partition coefficient (Wildman–Crippen LogP) is 3.58. The minimum Gasteiger partial charge on any atom is -0.491 e. The fourth-order valence-corrected chi connectivity index (χ4v) is 2.47. The van der Waals surface area contributed by atoms with E-state index in [4.69, 9.17) is 4.74 Å². The molecule has 1 aliphatic carbocycles. The average molecular weight is 263 g/mol. The van der Waals surface area contributed by atoms with Gasteiger partial charge in [-0.15, -0.1) is 0 Å². The van der Waals surface area contributed by atoms with Crippen LogP contribution in [0, 0.1) is 0 Å². The van der Waals surface area contributed by atoms with Gasteiger partial charge in [0.1, 0.15) is 5.75 Å². The van der Waals surface area contributed by atoms with Gasteiger partial charge in [0.25, 0.3) is 0 Å². The monoisotopic (exact) mass is 263 g/mol. The van der Waals surface area contributed by atoms with Crippen LogP contribution in [0.5, 0.6) is 5.75 Å². The highest BCUT2D eigenvalue weighted by Gasteiger charge is 2.30. The molecule has 1 atom stereocenters. The van der Waals surface area contributed by atoms with Gasteiger partial charge in [-0.25, -0.2) is 0 Å². The van der Waals surface area contributed by atoms with Crippen molar-refractivity contribution in [3.05, 3.63) is 24.3 Å². The van der Waals surface area contributed by atoms with Crippen molar-refractivity contribution in [2.24, 2.45) is 0 Å². The van der Waals surface area contributed by atoms with Crippen LogP contribution < -0.4 is 10.1 Å². The highest BCUT2D eigenvalue weighted by molar-refractivity contribution is 5.48. The Balaban J connectivity index is 1.91. The number of anilines is 1. The maximum atomic E-state index is 10.3. The molecule has 0 aromatic heterocycles. The van der Waals surface area contributed by atoms with Crippen LogP contribution in [-0.2, 0) is 0 Å². The van der Waals surface area contributed by atoms with Gasteiger partial charge in [0.15, 0.2) is 0 Å². The zero-order valence-electron chi connectivity index (χ0n) is 12.0. The molecule has 2 rings (SSSR count). The molecule has 1 unspecified atom stereocenters. The molecule has 0 saturated heterocycles. The van der Waals surface area contributed by atoms with Crippen molar-refractivity contribution in [3.63, 3.8) is 0 Å². The summed E-state index contributed by atoms with van der Waals surface area (Å²) in [7, 11) is 0. The van der Waals surface area contributed by atoms with Crippen LogP contribution in [0.25, 0.3) is 0 Å². The molecule has 1 aromatic rings. The molecule has 106 valence electrons. The molecule has 0 aliphatic heterocycles. The van der Waals surface area contributed by atoms with E-state index >= 15 is 0 Å². The number of hydrogen-bond acceptors (Lipinski definition) is 3. The van der Waals surface area contributed by atoms with Gasteiger partial charge in [0.05, 0.1) is 11.7 Å². The van der Waals surface area contributed by atoms with Gasteiger partial charge in [-0.05, 0) is 38.3 Å². The van der Waals surface area contributed by atoms with E-state index in [1.807, 2.05) is 24.3 Å². The van der Waals surface area contributed by atoms with Gasteiger partial charge in [-0.1, -0.05) is 25.8 Å². The molecule has 0 radical (unpaired) electrons. The van der Waals surface area contributed by atoms with Crippen LogP contribution in [0.15, 0.2) is 24.3 Å². The van der Waals surface area contributed by atoms with Gasteiger partial charge >= 0.3 is 0 Å². The Kier molecular flexibility index (Phi) is 4.70. The lowest BCUT2D eigenvalue weighted by Gasteiger charge is -2.23. The first-order valence-electron chi connectivity index (χ1n) is 7.34. The zero-order valence-corrected chi connectivity index (χ0v) is 12.0. The second kappa shape index (κ2) is 6.29. The van der Waals surface area contributed by atoms with Gasteiger partial charge in [0, 0.05) is 18.3 Å². The van der Waals surface area contributed by atoms with E-state index in [9.17, 15) is 5.11 Å². The van der Waals surface area contributed by atoms with Crippen molar-refractivity contribution >= 4 is 5.69 Å². The van der Waals surface area contributed by atoms with E-state index in [2.05, 4.69) is 19.2 Å². The van der Waals surface area contributed by atoms with Crippen molar-refractivity contribution in [1.29, 1.82) is 0 Å². The molecule has 0 amide bonds. The molecule has 0 bridgehead atoms. The van der Waals surface area contributed by atoms with Gasteiger partial charge < -0.3 is 15.2 Å². The topological polar surface area (TPSA) is 41.5 Å². The van der Waals surface area contributed by atoms with Crippen LogP contribution in [0.1, 0.15) is 46.0 Å². The summed E-state index contributed by atoms with van der Waals surface area (Å²) in [5, 5.41) is 13.6. The second-order valence-corrected chi connectivity index (χ2v) is 5.65. The number of rotatable bonds is 6. The summed E-state index contributed by atoms with van der Waals surface area (Å²) in [6.45, 7) is 4.81. The third-order valence-electron chi connectivity index (χ3n) is 3.90. The molecular weight excluding hydrogens is 238 g/mol. The molecule has 1 aromatic carbocycles. The Morgan fingerprint density at radius 3 is 2.79 bits per heavy atom. The van der Waals surface area contributed by atoms with E-state index in [1.165, 1.54) is 0 Å². The molecular formula is C16H25NO2. The van der Waals surface area contributed by atoms with Gasteiger partial charge in [-0.2, -0.15) is 0 Å². The first-order valence-corrected chi connectivity index (χ1v) is 7.34. The molecule has 1 saturated carbocycles. The van der Waals surface area contributed by atoms with Crippen molar-refractivity contribution < 1.29 is 9.84 Å². The van der Waals surface area contributed by atoms with Crippen LogP contribution in [0.4, 0.5) is 5.69 Å². The smallest absolute Gasteiger partial charge is 0.121 e. The molecule has 2 N–H and O–H groups in total. The van der Waals surface area contributed by atoms with Crippen LogP contribution >= 0.6 is 0 Å². The normalized spacial score (nSPS) is 19.1. The van der Waals surface area contributed by atoms with Crippen LogP contribution in [0.2, 0.25) is 0 Å². The minimum atomic E-state index is -0.520. The lowest BCUT2D eigenvalue weighted by molar-refractivity contribution is 0.0614. The number of benzene rings is 1. The summed E-state index contributed by atoms with van der Waals surface area (Å²) in [5.74, 6) is 0.887. The number of ether oxygens (including phenoxy) is 1. The lowest BCUT2D eigenvalue weighted by Crippen LogP contribution is -2.33. The summed E-state index contributed by atoms with van der Waals surface area (Å²) < 4.78 is 5.80. The lowest BCUT2D eigenvalue weighted by atomic mass is 10.0. The number of nitrogens with one attached hydrogen (secondary N) is 1. The van der Waals surface area contributed by atoms with Crippen molar-refractivity contribution in [3.8, 4) is 5.75 Å². The van der Waals surface area contributed by atoms with E-state index in [-0.39, 0.29) is 6.10 Å². The van der Waals surface area contributed by atoms with Crippen LogP contribution in [-0.4, -0.2) is 23.4 Å².